The minimum atomic E-state index is 0.0368. The van der Waals surface area contributed by atoms with E-state index in [1.807, 2.05) is 12.1 Å². The van der Waals surface area contributed by atoms with Gasteiger partial charge in [0.05, 0.1) is 21.3 Å². The molecule has 0 saturated heterocycles. The monoisotopic (exact) mass is 268 g/mol. The molecule has 5 heteroatoms. The first-order chi connectivity index (χ1) is 9.23. The Balaban J connectivity index is 3.18. The van der Waals surface area contributed by atoms with E-state index in [4.69, 9.17) is 20.1 Å². The molecular weight excluding hydrogens is 244 g/mol. The van der Waals surface area contributed by atoms with E-state index in [1.54, 1.807) is 21.3 Å². The van der Waals surface area contributed by atoms with Crippen LogP contribution in [0.4, 0.5) is 0 Å². The molecule has 1 aromatic carbocycles. The first-order valence-electron chi connectivity index (χ1n) is 6.48. The van der Waals surface area contributed by atoms with Crippen molar-refractivity contribution < 1.29 is 14.2 Å². The molecule has 108 valence electrons. The van der Waals surface area contributed by atoms with E-state index in [1.165, 1.54) is 0 Å². The van der Waals surface area contributed by atoms with E-state index in [0.717, 1.165) is 24.8 Å². The average molecular weight is 268 g/mol. The molecule has 0 aliphatic heterocycles. The molecular formula is C14H24N2O3. The SMILES string of the molecule is CCCCC(NN)c1ccc(OC)c(OC)c1OC. The molecule has 1 rings (SSSR count). The number of methoxy groups -OCH3 is 3. The van der Waals surface area contributed by atoms with E-state index in [9.17, 15) is 0 Å². The Morgan fingerprint density at radius 2 is 1.79 bits per heavy atom. The summed E-state index contributed by atoms with van der Waals surface area (Å²) in [4.78, 5) is 0. The Hall–Kier alpha value is -1.46. The largest absolute Gasteiger partial charge is 0.493 e. The third-order valence-corrected chi connectivity index (χ3v) is 3.16. The van der Waals surface area contributed by atoms with Crippen molar-refractivity contribution in [2.45, 2.75) is 32.2 Å². The summed E-state index contributed by atoms with van der Waals surface area (Å²) < 4.78 is 16.1. The normalized spacial score (nSPS) is 12.1. The average Bonchev–Trinajstić information content (AvgIpc) is 2.46. The first-order valence-corrected chi connectivity index (χ1v) is 6.48. The summed E-state index contributed by atoms with van der Waals surface area (Å²) in [5.74, 6) is 7.57. The van der Waals surface area contributed by atoms with Crippen LogP contribution >= 0.6 is 0 Å². The summed E-state index contributed by atoms with van der Waals surface area (Å²) in [6, 6.07) is 3.86. The van der Waals surface area contributed by atoms with E-state index in [0.29, 0.717) is 17.2 Å². The Labute approximate surface area is 115 Å². The Morgan fingerprint density at radius 1 is 1.11 bits per heavy atom. The maximum absolute atomic E-state index is 5.65. The minimum absolute atomic E-state index is 0.0368. The minimum Gasteiger partial charge on any atom is -0.493 e. The predicted octanol–water partition coefficient (Wildman–Crippen LogP) is 2.41. The van der Waals surface area contributed by atoms with Crippen LogP contribution in [0, 0.1) is 0 Å². The zero-order valence-corrected chi connectivity index (χ0v) is 12.2. The van der Waals surface area contributed by atoms with Gasteiger partial charge in [0.15, 0.2) is 11.5 Å². The molecule has 0 amide bonds. The van der Waals surface area contributed by atoms with Gasteiger partial charge >= 0.3 is 0 Å². The number of nitrogens with one attached hydrogen (secondary N) is 1. The van der Waals surface area contributed by atoms with Crippen LogP contribution in [0.2, 0.25) is 0 Å². The second kappa shape index (κ2) is 7.86. The Bertz CT molecular complexity index is 397. The summed E-state index contributed by atoms with van der Waals surface area (Å²) in [6.45, 7) is 2.15. The molecule has 0 aliphatic rings. The van der Waals surface area contributed by atoms with Crippen LogP contribution in [-0.2, 0) is 0 Å². The highest BCUT2D eigenvalue weighted by atomic mass is 16.5. The topological polar surface area (TPSA) is 65.7 Å². The summed E-state index contributed by atoms with van der Waals surface area (Å²) in [5, 5.41) is 0. The van der Waals surface area contributed by atoms with E-state index in [-0.39, 0.29) is 6.04 Å². The van der Waals surface area contributed by atoms with Crippen LogP contribution < -0.4 is 25.5 Å². The summed E-state index contributed by atoms with van der Waals surface area (Å²) in [7, 11) is 4.82. The fourth-order valence-electron chi connectivity index (χ4n) is 2.14. The summed E-state index contributed by atoms with van der Waals surface area (Å²) in [6.07, 6.45) is 3.15. The second-order valence-corrected chi connectivity index (χ2v) is 4.29. The standard InChI is InChI=1S/C14H24N2O3/c1-5-6-7-11(16-15)10-8-9-12(17-2)14(19-4)13(10)18-3/h8-9,11,16H,5-7,15H2,1-4H3. The van der Waals surface area contributed by atoms with Gasteiger partial charge in [-0.2, -0.15) is 0 Å². The van der Waals surface area contributed by atoms with Gasteiger partial charge in [-0.05, 0) is 18.6 Å². The van der Waals surface area contributed by atoms with Crippen molar-refractivity contribution in [2.24, 2.45) is 5.84 Å². The fourth-order valence-corrected chi connectivity index (χ4v) is 2.14. The molecule has 0 aliphatic carbocycles. The zero-order valence-electron chi connectivity index (χ0n) is 12.2. The molecule has 0 fully saturated rings. The van der Waals surface area contributed by atoms with Crippen LogP contribution in [0.1, 0.15) is 37.8 Å². The van der Waals surface area contributed by atoms with Gasteiger partial charge in [-0.1, -0.05) is 19.8 Å². The highest BCUT2D eigenvalue weighted by Crippen LogP contribution is 2.42. The van der Waals surface area contributed by atoms with Crippen molar-refractivity contribution in [3.63, 3.8) is 0 Å². The lowest BCUT2D eigenvalue weighted by atomic mass is 10.00. The third kappa shape index (κ3) is 3.52. The summed E-state index contributed by atoms with van der Waals surface area (Å²) in [5.41, 5.74) is 3.82. The molecule has 3 N–H and O–H groups in total. The molecule has 1 unspecified atom stereocenters. The Kier molecular flexibility index (Phi) is 6.45. The zero-order chi connectivity index (χ0) is 14.3. The van der Waals surface area contributed by atoms with Gasteiger partial charge < -0.3 is 14.2 Å². The number of benzene rings is 1. The van der Waals surface area contributed by atoms with Gasteiger partial charge in [0.25, 0.3) is 0 Å². The number of hydrogen-bond acceptors (Lipinski definition) is 5. The number of hydrogen-bond donors (Lipinski definition) is 2. The second-order valence-electron chi connectivity index (χ2n) is 4.29. The van der Waals surface area contributed by atoms with Gasteiger partial charge in [-0.25, -0.2) is 0 Å². The van der Waals surface area contributed by atoms with Gasteiger partial charge in [0, 0.05) is 11.6 Å². The maximum Gasteiger partial charge on any atom is 0.203 e. The lowest BCUT2D eigenvalue weighted by Gasteiger charge is -2.21. The van der Waals surface area contributed by atoms with Crippen molar-refractivity contribution in [1.29, 1.82) is 0 Å². The lowest BCUT2D eigenvalue weighted by Crippen LogP contribution is -2.28. The lowest BCUT2D eigenvalue weighted by molar-refractivity contribution is 0.318. The molecule has 0 bridgehead atoms. The van der Waals surface area contributed by atoms with Crippen molar-refractivity contribution in [1.82, 2.24) is 5.43 Å². The molecule has 1 aromatic rings. The van der Waals surface area contributed by atoms with Crippen LogP contribution in [0.3, 0.4) is 0 Å². The van der Waals surface area contributed by atoms with Crippen LogP contribution in [0.15, 0.2) is 12.1 Å². The van der Waals surface area contributed by atoms with Gasteiger partial charge in [-0.3, -0.25) is 11.3 Å². The first kappa shape index (κ1) is 15.6. The van der Waals surface area contributed by atoms with Crippen molar-refractivity contribution in [3.05, 3.63) is 17.7 Å². The number of hydrazine groups is 1. The smallest absolute Gasteiger partial charge is 0.203 e. The van der Waals surface area contributed by atoms with E-state index in [2.05, 4.69) is 12.3 Å². The molecule has 0 aromatic heterocycles. The maximum atomic E-state index is 5.65. The number of rotatable bonds is 8. The fraction of sp³-hybridized carbons (Fsp3) is 0.571. The third-order valence-electron chi connectivity index (χ3n) is 3.16. The summed E-state index contributed by atoms with van der Waals surface area (Å²) >= 11 is 0. The number of nitrogens with two attached hydrogens (primary N) is 1. The molecule has 19 heavy (non-hydrogen) atoms. The van der Waals surface area contributed by atoms with Gasteiger partial charge in [0.1, 0.15) is 0 Å². The van der Waals surface area contributed by atoms with Crippen LogP contribution in [0.25, 0.3) is 0 Å². The molecule has 1 atom stereocenters. The molecule has 0 radical (unpaired) electrons. The van der Waals surface area contributed by atoms with E-state index >= 15 is 0 Å². The van der Waals surface area contributed by atoms with Crippen molar-refractivity contribution >= 4 is 0 Å². The van der Waals surface area contributed by atoms with Gasteiger partial charge in [0.2, 0.25) is 5.75 Å². The quantitative estimate of drug-likeness (QED) is 0.560. The molecule has 5 nitrogen and oxygen atoms in total. The van der Waals surface area contributed by atoms with Crippen molar-refractivity contribution in [3.8, 4) is 17.2 Å². The number of ether oxygens (including phenoxy) is 3. The molecule has 0 heterocycles. The van der Waals surface area contributed by atoms with E-state index < -0.39 is 0 Å². The predicted molar refractivity (Wildman–Crippen MR) is 75.7 cm³/mol. The van der Waals surface area contributed by atoms with Crippen LogP contribution in [0.5, 0.6) is 17.2 Å². The van der Waals surface area contributed by atoms with Crippen molar-refractivity contribution in [2.75, 3.05) is 21.3 Å². The highest BCUT2D eigenvalue weighted by Gasteiger charge is 2.21. The Morgan fingerprint density at radius 3 is 2.26 bits per heavy atom. The molecule has 0 spiro atoms. The number of unbranched alkanes of at least 4 members (excludes halogenated alkanes) is 1. The highest BCUT2D eigenvalue weighted by molar-refractivity contribution is 5.56. The van der Waals surface area contributed by atoms with Crippen LogP contribution in [-0.4, -0.2) is 21.3 Å². The van der Waals surface area contributed by atoms with Gasteiger partial charge in [-0.15, -0.1) is 0 Å². The molecule has 0 saturated carbocycles.